The van der Waals surface area contributed by atoms with Crippen LogP contribution in [0.2, 0.25) is 0 Å². The molecule has 0 aliphatic carbocycles. The van der Waals surface area contributed by atoms with Crippen molar-refractivity contribution < 1.29 is 27.5 Å². The van der Waals surface area contributed by atoms with Gasteiger partial charge < -0.3 is 15.4 Å². The number of benzene rings is 2. The van der Waals surface area contributed by atoms with Crippen LogP contribution in [0.5, 0.6) is 5.75 Å². The number of carbonyl (C=O) groups excluding carboxylic acids is 2. The third-order valence-corrected chi connectivity index (χ3v) is 4.72. The van der Waals surface area contributed by atoms with Crippen molar-refractivity contribution in [1.82, 2.24) is 9.78 Å². The lowest BCUT2D eigenvalue weighted by Gasteiger charge is -2.12. The van der Waals surface area contributed by atoms with Crippen LogP contribution in [0.25, 0.3) is 11.1 Å². The second kappa shape index (κ2) is 7.78. The lowest BCUT2D eigenvalue weighted by molar-refractivity contribution is -0.274. The first-order valence-electron chi connectivity index (χ1n) is 9.32. The topological polar surface area (TPSA) is 85.2 Å². The maximum absolute atomic E-state index is 12.5. The van der Waals surface area contributed by atoms with Gasteiger partial charge in [0.05, 0.1) is 12.1 Å². The number of nitrogens with one attached hydrogen (secondary N) is 2. The molecule has 2 amide bonds. The molecule has 1 unspecified atom stereocenters. The summed E-state index contributed by atoms with van der Waals surface area (Å²) in [7, 11) is 0. The van der Waals surface area contributed by atoms with Gasteiger partial charge in [-0.25, -0.2) is 4.68 Å². The molecule has 0 saturated heterocycles. The van der Waals surface area contributed by atoms with Crippen LogP contribution in [0, 0.1) is 6.92 Å². The molecular weight excluding hydrogens is 413 g/mol. The van der Waals surface area contributed by atoms with E-state index in [0.29, 0.717) is 11.5 Å². The van der Waals surface area contributed by atoms with Gasteiger partial charge in [-0.3, -0.25) is 9.59 Å². The molecule has 4 rings (SSSR count). The van der Waals surface area contributed by atoms with Gasteiger partial charge in [-0.05, 0) is 24.6 Å². The Labute approximate surface area is 174 Å². The van der Waals surface area contributed by atoms with Crippen LogP contribution in [0.1, 0.15) is 18.2 Å². The van der Waals surface area contributed by atoms with E-state index in [4.69, 9.17) is 0 Å². The Morgan fingerprint density at radius 2 is 1.94 bits per heavy atom. The molecule has 7 nitrogen and oxygen atoms in total. The van der Waals surface area contributed by atoms with Crippen molar-refractivity contribution in [2.24, 2.45) is 0 Å². The monoisotopic (exact) mass is 430 g/mol. The van der Waals surface area contributed by atoms with Gasteiger partial charge in [0, 0.05) is 17.3 Å². The molecule has 1 aliphatic heterocycles. The van der Waals surface area contributed by atoms with Gasteiger partial charge >= 0.3 is 6.36 Å². The van der Waals surface area contributed by atoms with Crippen LogP contribution in [-0.4, -0.2) is 28.0 Å². The molecule has 2 heterocycles. The van der Waals surface area contributed by atoms with Crippen LogP contribution >= 0.6 is 0 Å². The average molecular weight is 430 g/mol. The molecule has 10 heteroatoms. The van der Waals surface area contributed by atoms with Crippen LogP contribution in [0.15, 0.2) is 54.6 Å². The van der Waals surface area contributed by atoms with Gasteiger partial charge in [0.25, 0.3) is 5.91 Å². The average Bonchev–Trinajstić information content (AvgIpc) is 3.15. The number of fused-ring (bicyclic) bond motifs is 1. The minimum absolute atomic E-state index is 0.118. The van der Waals surface area contributed by atoms with Gasteiger partial charge in [0.1, 0.15) is 17.6 Å². The first-order chi connectivity index (χ1) is 14.7. The molecule has 160 valence electrons. The predicted octanol–water partition coefficient (Wildman–Crippen LogP) is 4.28. The Bertz CT molecular complexity index is 1140. The maximum atomic E-state index is 12.5. The number of amides is 2. The number of hydrogen-bond donors (Lipinski definition) is 2. The lowest BCUT2D eigenvalue weighted by atomic mass is 10.1. The summed E-state index contributed by atoms with van der Waals surface area (Å²) in [6.45, 7) is 1.81. The molecule has 2 aromatic carbocycles. The summed E-state index contributed by atoms with van der Waals surface area (Å²) >= 11 is 0. The highest BCUT2D eigenvalue weighted by molar-refractivity contribution is 6.04. The van der Waals surface area contributed by atoms with Crippen molar-refractivity contribution in [3.8, 4) is 16.9 Å². The zero-order valence-electron chi connectivity index (χ0n) is 16.2. The number of rotatable bonds is 5. The summed E-state index contributed by atoms with van der Waals surface area (Å²) in [5.41, 5.74) is 2.47. The zero-order chi connectivity index (χ0) is 22.2. The number of nitrogens with zero attached hydrogens (tertiary/aromatic N) is 2. The third-order valence-electron chi connectivity index (χ3n) is 4.72. The second-order valence-corrected chi connectivity index (χ2v) is 6.95. The number of hydrogen-bond acceptors (Lipinski definition) is 4. The highest BCUT2D eigenvalue weighted by Crippen LogP contribution is 2.38. The number of alkyl halides is 3. The standard InChI is InChI=1S/C21H17F3N4O3/c1-12-18(13-6-3-2-4-7-13)19-26-20(30)16(28(19)27-12)11-17(29)25-14-8-5-9-15(10-14)31-21(22,23)24/h2-10,16H,11H2,1H3,(H,25,29)(H,26,30). The van der Waals surface area contributed by atoms with E-state index in [1.54, 1.807) is 0 Å². The summed E-state index contributed by atoms with van der Waals surface area (Å²) in [5, 5.41) is 9.69. The predicted molar refractivity (Wildman–Crippen MR) is 106 cm³/mol. The number of aryl methyl sites for hydroxylation is 1. The van der Waals surface area contributed by atoms with Gasteiger partial charge in [-0.2, -0.15) is 5.10 Å². The normalized spacial score (nSPS) is 15.4. The molecule has 1 aromatic heterocycles. The molecule has 3 aromatic rings. The molecule has 0 fully saturated rings. The van der Waals surface area contributed by atoms with Gasteiger partial charge in [0.15, 0.2) is 0 Å². The van der Waals surface area contributed by atoms with E-state index < -0.39 is 24.1 Å². The third kappa shape index (κ3) is 4.37. The summed E-state index contributed by atoms with van der Waals surface area (Å²) in [6.07, 6.45) is -5.08. The van der Waals surface area contributed by atoms with Gasteiger partial charge in [0.2, 0.25) is 5.91 Å². The highest BCUT2D eigenvalue weighted by Gasteiger charge is 2.36. The molecule has 1 aliphatic rings. The van der Waals surface area contributed by atoms with Crippen molar-refractivity contribution in [2.75, 3.05) is 10.6 Å². The van der Waals surface area contributed by atoms with Crippen molar-refractivity contribution in [3.05, 3.63) is 60.3 Å². The van der Waals surface area contributed by atoms with Crippen LogP contribution < -0.4 is 15.4 Å². The van der Waals surface area contributed by atoms with E-state index in [0.717, 1.165) is 23.3 Å². The SMILES string of the molecule is Cc1nn2c(c1-c1ccccc1)NC(=O)C2CC(=O)Nc1cccc(OC(F)(F)F)c1. The van der Waals surface area contributed by atoms with Crippen molar-refractivity contribution in [3.63, 3.8) is 0 Å². The summed E-state index contributed by atoms with van der Waals surface area (Å²) in [6, 6.07) is 13.5. The number of halogens is 3. The maximum Gasteiger partial charge on any atom is 0.573 e. The Hall–Kier alpha value is -3.82. The number of aromatic nitrogens is 2. The van der Waals surface area contributed by atoms with E-state index in [1.165, 1.54) is 16.8 Å². The van der Waals surface area contributed by atoms with E-state index in [-0.39, 0.29) is 18.0 Å². The Kier molecular flexibility index (Phi) is 5.14. The molecule has 0 radical (unpaired) electrons. The summed E-state index contributed by atoms with van der Waals surface area (Å²) < 4.78 is 42.5. The summed E-state index contributed by atoms with van der Waals surface area (Å²) in [4.78, 5) is 25.0. The van der Waals surface area contributed by atoms with Crippen LogP contribution in [0.4, 0.5) is 24.7 Å². The van der Waals surface area contributed by atoms with E-state index in [9.17, 15) is 22.8 Å². The van der Waals surface area contributed by atoms with Gasteiger partial charge in [-0.15, -0.1) is 13.2 Å². The van der Waals surface area contributed by atoms with Crippen LogP contribution in [0.3, 0.4) is 0 Å². The highest BCUT2D eigenvalue weighted by atomic mass is 19.4. The summed E-state index contributed by atoms with van der Waals surface area (Å²) in [5.74, 6) is -0.885. The van der Waals surface area contributed by atoms with E-state index in [2.05, 4.69) is 20.5 Å². The van der Waals surface area contributed by atoms with Crippen molar-refractivity contribution in [2.45, 2.75) is 25.7 Å². The first-order valence-corrected chi connectivity index (χ1v) is 9.32. The quantitative estimate of drug-likeness (QED) is 0.633. The zero-order valence-corrected chi connectivity index (χ0v) is 16.2. The molecule has 0 spiro atoms. The fourth-order valence-corrected chi connectivity index (χ4v) is 3.49. The van der Waals surface area contributed by atoms with Crippen molar-refractivity contribution >= 4 is 23.3 Å². The number of carbonyl (C=O) groups is 2. The van der Waals surface area contributed by atoms with Crippen molar-refractivity contribution in [1.29, 1.82) is 0 Å². The second-order valence-electron chi connectivity index (χ2n) is 6.95. The van der Waals surface area contributed by atoms with Gasteiger partial charge in [-0.1, -0.05) is 36.4 Å². The largest absolute Gasteiger partial charge is 0.573 e. The molecule has 2 N–H and O–H groups in total. The fraction of sp³-hybridized carbons (Fsp3) is 0.190. The first kappa shape index (κ1) is 20.5. The molecular formula is C21H17F3N4O3. The Morgan fingerprint density at radius 1 is 1.19 bits per heavy atom. The smallest absolute Gasteiger partial charge is 0.406 e. The minimum Gasteiger partial charge on any atom is -0.406 e. The van der Waals surface area contributed by atoms with Crippen LogP contribution in [-0.2, 0) is 9.59 Å². The Balaban J connectivity index is 1.51. The Morgan fingerprint density at radius 3 is 2.65 bits per heavy atom. The minimum atomic E-state index is -4.84. The number of anilines is 2. The molecule has 0 saturated carbocycles. The molecule has 1 atom stereocenters. The van der Waals surface area contributed by atoms with E-state index >= 15 is 0 Å². The molecule has 0 bridgehead atoms. The molecule has 31 heavy (non-hydrogen) atoms. The number of ether oxygens (including phenoxy) is 1. The fourth-order valence-electron chi connectivity index (χ4n) is 3.49. The lowest BCUT2D eigenvalue weighted by Crippen LogP contribution is -2.24. The van der Waals surface area contributed by atoms with E-state index in [1.807, 2.05) is 37.3 Å².